The molecule has 2 aliphatic heterocycles. The van der Waals surface area contributed by atoms with Crippen LogP contribution in [0.25, 0.3) is 0 Å². The van der Waals surface area contributed by atoms with Crippen molar-refractivity contribution >= 4 is 23.5 Å². The molecule has 7 heteroatoms. The standard InChI is InChI=1S/C20H27N3O4/c24-18-8-7-17(20(27)22-18)21-16-5-3-14(4-6-16)15-9-12-23(13-10-15)11-1-2-19(25)26/h3-6,15,17,21H,1-2,7-13H2,(H,25,26)(H,22,24,27). The van der Waals surface area contributed by atoms with Crippen molar-refractivity contribution in [1.82, 2.24) is 10.2 Å². The van der Waals surface area contributed by atoms with Crippen molar-refractivity contribution in [2.75, 3.05) is 25.0 Å². The lowest BCUT2D eigenvalue weighted by atomic mass is 9.89. The molecule has 1 unspecified atom stereocenters. The van der Waals surface area contributed by atoms with Gasteiger partial charge < -0.3 is 15.3 Å². The van der Waals surface area contributed by atoms with E-state index in [9.17, 15) is 14.4 Å². The van der Waals surface area contributed by atoms with E-state index in [0.717, 1.165) is 38.2 Å². The van der Waals surface area contributed by atoms with Crippen LogP contribution in [-0.2, 0) is 14.4 Å². The highest BCUT2D eigenvalue weighted by Crippen LogP contribution is 2.29. The summed E-state index contributed by atoms with van der Waals surface area (Å²) in [7, 11) is 0. The zero-order chi connectivity index (χ0) is 19.2. The molecule has 3 rings (SSSR count). The predicted molar refractivity (Wildman–Crippen MR) is 102 cm³/mol. The van der Waals surface area contributed by atoms with Crippen molar-refractivity contribution in [3.05, 3.63) is 29.8 Å². The second-order valence-electron chi connectivity index (χ2n) is 7.38. The molecule has 1 aromatic rings. The van der Waals surface area contributed by atoms with Crippen molar-refractivity contribution in [3.63, 3.8) is 0 Å². The molecule has 2 heterocycles. The van der Waals surface area contributed by atoms with E-state index >= 15 is 0 Å². The second-order valence-corrected chi connectivity index (χ2v) is 7.38. The first-order valence-corrected chi connectivity index (χ1v) is 9.65. The number of carboxylic acid groups (broad SMARTS) is 1. The summed E-state index contributed by atoms with van der Waals surface area (Å²) < 4.78 is 0. The van der Waals surface area contributed by atoms with Gasteiger partial charge in [-0.15, -0.1) is 0 Å². The molecule has 1 aromatic carbocycles. The van der Waals surface area contributed by atoms with Crippen LogP contribution < -0.4 is 10.6 Å². The van der Waals surface area contributed by atoms with Gasteiger partial charge in [0.25, 0.3) is 0 Å². The van der Waals surface area contributed by atoms with Gasteiger partial charge in [0, 0.05) is 18.5 Å². The van der Waals surface area contributed by atoms with Crippen LogP contribution in [0.3, 0.4) is 0 Å². The highest BCUT2D eigenvalue weighted by atomic mass is 16.4. The number of hydrogen-bond donors (Lipinski definition) is 3. The number of benzene rings is 1. The SMILES string of the molecule is O=C(O)CCCN1CCC(c2ccc(NC3CCC(=O)NC3=O)cc2)CC1. The number of carbonyl (C=O) groups is 3. The van der Waals surface area contributed by atoms with Gasteiger partial charge in [-0.25, -0.2) is 0 Å². The highest BCUT2D eigenvalue weighted by Gasteiger charge is 2.26. The van der Waals surface area contributed by atoms with E-state index in [2.05, 4.69) is 27.7 Å². The van der Waals surface area contributed by atoms with Gasteiger partial charge in [-0.3, -0.25) is 19.7 Å². The van der Waals surface area contributed by atoms with Crippen LogP contribution in [0, 0.1) is 0 Å². The molecule has 2 aliphatic rings. The van der Waals surface area contributed by atoms with Crippen LogP contribution in [-0.4, -0.2) is 53.5 Å². The Morgan fingerprint density at radius 1 is 1.15 bits per heavy atom. The number of amides is 2. The van der Waals surface area contributed by atoms with E-state index in [1.54, 1.807) is 0 Å². The first-order valence-electron chi connectivity index (χ1n) is 9.65. The van der Waals surface area contributed by atoms with E-state index < -0.39 is 5.97 Å². The van der Waals surface area contributed by atoms with E-state index in [-0.39, 0.29) is 24.3 Å². The minimum atomic E-state index is -0.726. The number of hydrogen-bond acceptors (Lipinski definition) is 5. The summed E-state index contributed by atoms with van der Waals surface area (Å²) in [4.78, 5) is 36.0. The Labute approximate surface area is 159 Å². The number of nitrogens with zero attached hydrogens (tertiary/aromatic N) is 1. The third-order valence-corrected chi connectivity index (χ3v) is 5.41. The van der Waals surface area contributed by atoms with Crippen molar-refractivity contribution < 1.29 is 19.5 Å². The lowest BCUT2D eigenvalue weighted by Gasteiger charge is -2.32. The number of anilines is 1. The van der Waals surface area contributed by atoms with E-state index in [0.29, 0.717) is 25.2 Å². The number of aliphatic carboxylic acids is 1. The summed E-state index contributed by atoms with van der Waals surface area (Å²) in [6, 6.07) is 7.86. The van der Waals surface area contributed by atoms with Gasteiger partial charge in [0.2, 0.25) is 11.8 Å². The Morgan fingerprint density at radius 3 is 2.48 bits per heavy atom. The molecule has 146 valence electrons. The molecule has 2 saturated heterocycles. The average Bonchev–Trinajstić information content (AvgIpc) is 2.65. The Kier molecular flexibility index (Phi) is 6.45. The maximum atomic E-state index is 11.8. The average molecular weight is 373 g/mol. The number of carbonyl (C=O) groups excluding carboxylic acids is 2. The highest BCUT2D eigenvalue weighted by molar-refractivity contribution is 6.01. The predicted octanol–water partition coefficient (Wildman–Crippen LogP) is 1.95. The summed E-state index contributed by atoms with van der Waals surface area (Å²) in [6.45, 7) is 2.86. The lowest BCUT2D eigenvalue weighted by molar-refractivity contribution is -0.137. The summed E-state index contributed by atoms with van der Waals surface area (Å²) in [5.74, 6) is -0.672. The van der Waals surface area contributed by atoms with Crippen LogP contribution >= 0.6 is 0 Å². The minimum Gasteiger partial charge on any atom is -0.481 e. The van der Waals surface area contributed by atoms with Crippen LogP contribution in [0.5, 0.6) is 0 Å². The van der Waals surface area contributed by atoms with Crippen molar-refractivity contribution in [3.8, 4) is 0 Å². The molecule has 0 saturated carbocycles. The van der Waals surface area contributed by atoms with Crippen LogP contribution in [0.4, 0.5) is 5.69 Å². The number of likely N-dealkylation sites (tertiary alicyclic amines) is 1. The fourth-order valence-electron chi connectivity index (χ4n) is 3.83. The molecule has 2 fully saturated rings. The molecule has 0 spiro atoms. The quantitative estimate of drug-likeness (QED) is 0.632. The zero-order valence-corrected chi connectivity index (χ0v) is 15.4. The zero-order valence-electron chi connectivity index (χ0n) is 15.4. The molecule has 7 nitrogen and oxygen atoms in total. The number of carboxylic acids is 1. The Hall–Kier alpha value is -2.41. The Bertz CT molecular complexity index is 681. The number of nitrogens with one attached hydrogen (secondary N) is 2. The smallest absolute Gasteiger partial charge is 0.303 e. The molecule has 27 heavy (non-hydrogen) atoms. The van der Waals surface area contributed by atoms with Gasteiger partial charge >= 0.3 is 5.97 Å². The van der Waals surface area contributed by atoms with E-state index in [1.807, 2.05) is 12.1 Å². The van der Waals surface area contributed by atoms with Gasteiger partial charge in [-0.2, -0.15) is 0 Å². The van der Waals surface area contributed by atoms with E-state index in [1.165, 1.54) is 5.56 Å². The summed E-state index contributed by atoms with van der Waals surface area (Å²) in [5, 5.41) is 14.3. The topological polar surface area (TPSA) is 98.7 Å². The van der Waals surface area contributed by atoms with Gasteiger partial charge in [0.15, 0.2) is 0 Å². The van der Waals surface area contributed by atoms with Gasteiger partial charge in [0.1, 0.15) is 6.04 Å². The normalized spacial score (nSPS) is 21.7. The molecule has 0 aliphatic carbocycles. The van der Waals surface area contributed by atoms with Crippen LogP contribution in [0.15, 0.2) is 24.3 Å². The van der Waals surface area contributed by atoms with Crippen molar-refractivity contribution in [2.45, 2.75) is 50.5 Å². The summed E-state index contributed by atoms with van der Waals surface area (Å²) in [6.07, 6.45) is 3.99. The molecule has 1 atom stereocenters. The molecule has 3 N–H and O–H groups in total. The number of piperidine rings is 2. The Morgan fingerprint density at radius 2 is 1.85 bits per heavy atom. The van der Waals surface area contributed by atoms with Gasteiger partial charge in [0.05, 0.1) is 0 Å². The number of imide groups is 1. The fourth-order valence-corrected chi connectivity index (χ4v) is 3.83. The third-order valence-electron chi connectivity index (χ3n) is 5.41. The van der Waals surface area contributed by atoms with Crippen LogP contribution in [0.1, 0.15) is 50.0 Å². The summed E-state index contributed by atoms with van der Waals surface area (Å²) >= 11 is 0. The fraction of sp³-hybridized carbons (Fsp3) is 0.550. The molecule has 0 radical (unpaired) electrons. The number of rotatable bonds is 7. The molecule has 0 bridgehead atoms. The first-order chi connectivity index (χ1) is 13.0. The second kappa shape index (κ2) is 8.99. The molecular weight excluding hydrogens is 346 g/mol. The molecular formula is C20H27N3O4. The van der Waals surface area contributed by atoms with Gasteiger partial charge in [-0.1, -0.05) is 12.1 Å². The van der Waals surface area contributed by atoms with E-state index in [4.69, 9.17) is 5.11 Å². The summed E-state index contributed by atoms with van der Waals surface area (Å²) in [5.41, 5.74) is 2.19. The minimum absolute atomic E-state index is 0.206. The largest absolute Gasteiger partial charge is 0.481 e. The van der Waals surface area contributed by atoms with Crippen molar-refractivity contribution in [2.24, 2.45) is 0 Å². The molecule has 0 aromatic heterocycles. The van der Waals surface area contributed by atoms with Gasteiger partial charge in [-0.05, 0) is 68.9 Å². The monoisotopic (exact) mass is 373 g/mol. The van der Waals surface area contributed by atoms with Crippen LogP contribution in [0.2, 0.25) is 0 Å². The van der Waals surface area contributed by atoms with Crippen molar-refractivity contribution in [1.29, 1.82) is 0 Å². The maximum absolute atomic E-state index is 11.8. The Balaban J connectivity index is 1.46. The molecule has 2 amide bonds. The first kappa shape index (κ1) is 19.4. The lowest BCUT2D eigenvalue weighted by Crippen LogP contribution is -2.47. The maximum Gasteiger partial charge on any atom is 0.303 e. The third kappa shape index (κ3) is 5.53.